The summed E-state index contributed by atoms with van der Waals surface area (Å²) in [7, 11) is 0. The van der Waals surface area contributed by atoms with Crippen LogP contribution in [0.1, 0.15) is 19.3 Å². The molecule has 6 heteroatoms. The highest BCUT2D eigenvalue weighted by Crippen LogP contribution is 2.21. The summed E-state index contributed by atoms with van der Waals surface area (Å²) in [5.41, 5.74) is 1.98. The third-order valence-corrected chi connectivity index (χ3v) is 4.68. The molecule has 1 unspecified atom stereocenters. The minimum Gasteiger partial charge on any atom is -0.381 e. The van der Waals surface area contributed by atoms with Crippen molar-refractivity contribution in [3.8, 4) is 11.4 Å². The number of aromatic nitrogens is 3. The zero-order valence-corrected chi connectivity index (χ0v) is 13.2. The number of H-pyrrole nitrogens is 1. The Balaban J connectivity index is 1.40. The summed E-state index contributed by atoms with van der Waals surface area (Å²) in [6.07, 6.45) is 7.15. The second kappa shape index (κ2) is 6.68. The zero-order chi connectivity index (χ0) is 15.5. The van der Waals surface area contributed by atoms with Crippen LogP contribution in [-0.4, -0.2) is 53.3 Å². The fourth-order valence-electron chi connectivity index (χ4n) is 3.42. The lowest BCUT2D eigenvalue weighted by Gasteiger charge is -2.26. The van der Waals surface area contributed by atoms with Gasteiger partial charge in [-0.3, -0.25) is 0 Å². The molecular weight excluding hydrogens is 290 g/mol. The Labute approximate surface area is 136 Å². The van der Waals surface area contributed by atoms with Crippen LogP contribution < -0.4 is 10.2 Å². The van der Waals surface area contributed by atoms with Crippen molar-refractivity contribution in [1.82, 2.24) is 20.3 Å². The molecule has 0 spiro atoms. The highest BCUT2D eigenvalue weighted by molar-refractivity contribution is 5.55. The molecule has 0 aromatic carbocycles. The lowest BCUT2D eigenvalue weighted by atomic mass is 10.1. The smallest absolute Gasteiger partial charge is 0.225 e. The van der Waals surface area contributed by atoms with Crippen LogP contribution in [0.15, 0.2) is 30.6 Å². The van der Waals surface area contributed by atoms with Gasteiger partial charge in [-0.15, -0.1) is 0 Å². The van der Waals surface area contributed by atoms with Gasteiger partial charge in [0.2, 0.25) is 5.95 Å². The van der Waals surface area contributed by atoms with Crippen molar-refractivity contribution in [3.63, 3.8) is 0 Å². The SMILES string of the molecule is c1c[nH]c(-c2ccnc(N3CCC(NC4CCOCC4)C3)n2)c1. The average molecular weight is 313 g/mol. The molecular formula is C17H23N5O. The molecule has 2 aromatic rings. The van der Waals surface area contributed by atoms with Gasteiger partial charge in [-0.05, 0) is 37.5 Å². The summed E-state index contributed by atoms with van der Waals surface area (Å²) >= 11 is 0. The number of rotatable bonds is 4. The number of hydrogen-bond acceptors (Lipinski definition) is 5. The van der Waals surface area contributed by atoms with E-state index in [1.54, 1.807) is 0 Å². The normalized spacial score (nSPS) is 22.6. The van der Waals surface area contributed by atoms with E-state index in [9.17, 15) is 0 Å². The van der Waals surface area contributed by atoms with E-state index in [0.29, 0.717) is 12.1 Å². The molecule has 0 amide bonds. The van der Waals surface area contributed by atoms with Gasteiger partial charge in [0.15, 0.2) is 0 Å². The van der Waals surface area contributed by atoms with E-state index in [-0.39, 0.29) is 0 Å². The molecule has 122 valence electrons. The van der Waals surface area contributed by atoms with E-state index in [0.717, 1.165) is 62.9 Å². The maximum atomic E-state index is 5.43. The minimum atomic E-state index is 0.524. The largest absolute Gasteiger partial charge is 0.381 e. The molecule has 2 saturated heterocycles. The van der Waals surface area contributed by atoms with Crippen molar-refractivity contribution < 1.29 is 4.74 Å². The van der Waals surface area contributed by atoms with Crippen LogP contribution in [0.2, 0.25) is 0 Å². The summed E-state index contributed by atoms with van der Waals surface area (Å²) in [5.74, 6) is 0.827. The van der Waals surface area contributed by atoms with Gasteiger partial charge in [-0.25, -0.2) is 9.97 Å². The van der Waals surface area contributed by atoms with Crippen LogP contribution in [0.5, 0.6) is 0 Å². The van der Waals surface area contributed by atoms with Gasteiger partial charge in [0.25, 0.3) is 0 Å². The van der Waals surface area contributed by atoms with Gasteiger partial charge in [0.05, 0.1) is 11.4 Å². The highest BCUT2D eigenvalue weighted by Gasteiger charge is 2.27. The van der Waals surface area contributed by atoms with Crippen molar-refractivity contribution >= 4 is 5.95 Å². The van der Waals surface area contributed by atoms with Crippen molar-refractivity contribution in [2.45, 2.75) is 31.3 Å². The first-order valence-corrected chi connectivity index (χ1v) is 8.44. The summed E-state index contributed by atoms with van der Waals surface area (Å²) in [6, 6.07) is 7.09. The number of hydrogen-bond donors (Lipinski definition) is 2. The quantitative estimate of drug-likeness (QED) is 0.901. The fraction of sp³-hybridized carbons (Fsp3) is 0.529. The number of anilines is 1. The van der Waals surface area contributed by atoms with E-state index >= 15 is 0 Å². The van der Waals surface area contributed by atoms with Gasteiger partial charge in [-0.1, -0.05) is 0 Å². The average Bonchev–Trinajstić information content (AvgIpc) is 3.28. The maximum absolute atomic E-state index is 5.43. The Morgan fingerprint density at radius 1 is 1.17 bits per heavy atom. The molecule has 2 aliphatic heterocycles. The Morgan fingerprint density at radius 3 is 2.91 bits per heavy atom. The van der Waals surface area contributed by atoms with Crippen molar-refractivity contribution in [3.05, 3.63) is 30.6 Å². The first-order chi connectivity index (χ1) is 11.4. The van der Waals surface area contributed by atoms with Crippen LogP contribution in [0, 0.1) is 0 Å². The van der Waals surface area contributed by atoms with Gasteiger partial charge in [0.1, 0.15) is 0 Å². The predicted molar refractivity (Wildman–Crippen MR) is 89.4 cm³/mol. The number of ether oxygens (including phenoxy) is 1. The lowest BCUT2D eigenvalue weighted by molar-refractivity contribution is 0.0755. The second-order valence-corrected chi connectivity index (χ2v) is 6.31. The Hall–Kier alpha value is -1.92. The lowest BCUT2D eigenvalue weighted by Crippen LogP contribution is -2.43. The highest BCUT2D eigenvalue weighted by atomic mass is 16.5. The van der Waals surface area contributed by atoms with Gasteiger partial charge < -0.3 is 19.9 Å². The monoisotopic (exact) mass is 313 g/mol. The van der Waals surface area contributed by atoms with Gasteiger partial charge in [0, 0.05) is 50.8 Å². The van der Waals surface area contributed by atoms with E-state index < -0.39 is 0 Å². The zero-order valence-electron chi connectivity index (χ0n) is 13.2. The van der Waals surface area contributed by atoms with Crippen molar-refractivity contribution in [2.75, 3.05) is 31.2 Å². The first-order valence-electron chi connectivity index (χ1n) is 8.44. The summed E-state index contributed by atoms with van der Waals surface area (Å²) < 4.78 is 5.43. The number of aromatic amines is 1. The molecule has 2 N–H and O–H groups in total. The predicted octanol–water partition coefficient (Wildman–Crippen LogP) is 1.82. The molecule has 2 fully saturated rings. The van der Waals surface area contributed by atoms with Gasteiger partial charge >= 0.3 is 0 Å². The fourth-order valence-corrected chi connectivity index (χ4v) is 3.42. The number of nitrogens with one attached hydrogen (secondary N) is 2. The molecule has 4 rings (SSSR count). The molecule has 1 atom stereocenters. The third-order valence-electron chi connectivity index (χ3n) is 4.68. The molecule has 2 aromatic heterocycles. The second-order valence-electron chi connectivity index (χ2n) is 6.31. The van der Waals surface area contributed by atoms with Crippen LogP contribution in [0.25, 0.3) is 11.4 Å². The van der Waals surface area contributed by atoms with E-state index in [1.165, 1.54) is 0 Å². The van der Waals surface area contributed by atoms with Crippen molar-refractivity contribution in [2.24, 2.45) is 0 Å². The minimum absolute atomic E-state index is 0.524. The Bertz CT molecular complexity index is 624. The molecule has 6 nitrogen and oxygen atoms in total. The van der Waals surface area contributed by atoms with Crippen LogP contribution in [-0.2, 0) is 4.74 Å². The first kappa shape index (κ1) is 14.7. The molecule has 23 heavy (non-hydrogen) atoms. The van der Waals surface area contributed by atoms with E-state index in [1.807, 2.05) is 30.6 Å². The van der Waals surface area contributed by atoms with Gasteiger partial charge in [-0.2, -0.15) is 0 Å². The Morgan fingerprint density at radius 2 is 2.09 bits per heavy atom. The Kier molecular flexibility index (Phi) is 4.26. The summed E-state index contributed by atoms with van der Waals surface area (Å²) in [5, 5.41) is 3.78. The molecule has 2 aliphatic rings. The van der Waals surface area contributed by atoms with E-state index in [2.05, 4.69) is 20.2 Å². The molecule has 0 aliphatic carbocycles. The summed E-state index contributed by atoms with van der Waals surface area (Å²) in [6.45, 7) is 3.76. The molecule has 0 bridgehead atoms. The molecule has 4 heterocycles. The molecule has 0 radical (unpaired) electrons. The van der Waals surface area contributed by atoms with Crippen molar-refractivity contribution in [1.29, 1.82) is 0 Å². The standard InChI is InChI=1S/C17H23N5O/c1-2-15(18-7-1)16-3-8-19-17(21-16)22-9-4-14(12-22)20-13-5-10-23-11-6-13/h1-3,7-8,13-14,18,20H,4-6,9-12H2. The topological polar surface area (TPSA) is 66.1 Å². The van der Waals surface area contributed by atoms with E-state index in [4.69, 9.17) is 9.72 Å². The van der Waals surface area contributed by atoms with Crippen LogP contribution in [0.4, 0.5) is 5.95 Å². The summed E-state index contributed by atoms with van der Waals surface area (Å²) in [4.78, 5) is 14.7. The van der Waals surface area contributed by atoms with Crippen LogP contribution in [0.3, 0.4) is 0 Å². The van der Waals surface area contributed by atoms with Crippen LogP contribution >= 0.6 is 0 Å². The molecule has 0 saturated carbocycles. The maximum Gasteiger partial charge on any atom is 0.225 e. The number of nitrogens with zero attached hydrogens (tertiary/aromatic N) is 3. The third kappa shape index (κ3) is 3.38.